The van der Waals surface area contributed by atoms with Crippen molar-refractivity contribution in [2.75, 3.05) is 0 Å². The van der Waals surface area contributed by atoms with Crippen LogP contribution in [-0.4, -0.2) is 13.0 Å². The molecule has 0 atom stereocenters. The zero-order valence-corrected chi connectivity index (χ0v) is 17.2. The van der Waals surface area contributed by atoms with E-state index >= 15 is 0 Å². The van der Waals surface area contributed by atoms with Crippen molar-refractivity contribution in [3.05, 3.63) is 89.0 Å². The van der Waals surface area contributed by atoms with Gasteiger partial charge in [-0.2, -0.15) is 8.42 Å². The number of benzene rings is 4. The highest BCUT2D eigenvalue weighted by Crippen LogP contribution is 2.49. The maximum Gasteiger partial charge on any atom is 0.295 e. The zero-order valence-electron chi connectivity index (χ0n) is 16.4. The molecule has 2 aliphatic carbocycles. The molecule has 0 fully saturated rings. The lowest BCUT2D eigenvalue weighted by atomic mass is 9.74. The molecule has 1 N–H and O–H groups in total. The number of aryl methyl sites for hydroxylation is 4. The maximum atomic E-state index is 12.3. The summed E-state index contributed by atoms with van der Waals surface area (Å²) in [6, 6.07) is 22.4. The zero-order chi connectivity index (χ0) is 20.5. The summed E-state index contributed by atoms with van der Waals surface area (Å²) in [4.78, 5) is 0.0155. The van der Waals surface area contributed by atoms with E-state index in [4.69, 9.17) is 0 Å². The monoisotopic (exact) mass is 412 g/mol. The fourth-order valence-corrected chi connectivity index (χ4v) is 6.06. The quantitative estimate of drug-likeness (QED) is 0.413. The van der Waals surface area contributed by atoms with Gasteiger partial charge < -0.3 is 0 Å². The van der Waals surface area contributed by atoms with Gasteiger partial charge in [-0.3, -0.25) is 4.55 Å². The number of hydrogen-bond acceptors (Lipinski definition) is 2. The number of hydrogen-bond donors (Lipinski definition) is 1. The van der Waals surface area contributed by atoms with Gasteiger partial charge in [0.2, 0.25) is 0 Å². The van der Waals surface area contributed by atoms with Gasteiger partial charge in [0.05, 0.1) is 0 Å². The smallest absolute Gasteiger partial charge is 0.282 e. The van der Waals surface area contributed by atoms with E-state index in [-0.39, 0.29) is 4.90 Å². The van der Waals surface area contributed by atoms with E-state index in [2.05, 4.69) is 42.5 Å². The van der Waals surface area contributed by atoms with E-state index in [1.807, 2.05) is 12.1 Å². The number of fused-ring (bicyclic) bond motifs is 9. The first-order chi connectivity index (χ1) is 14.5. The van der Waals surface area contributed by atoms with Gasteiger partial charge in [-0.25, -0.2) is 0 Å². The summed E-state index contributed by atoms with van der Waals surface area (Å²) in [5, 5.41) is 2.38. The van der Waals surface area contributed by atoms with E-state index in [9.17, 15) is 13.0 Å². The van der Waals surface area contributed by atoms with Crippen LogP contribution in [0.4, 0.5) is 0 Å². The Labute approximate surface area is 175 Å². The van der Waals surface area contributed by atoms with Crippen LogP contribution in [0.1, 0.15) is 22.3 Å². The molecule has 0 unspecified atom stereocenters. The lowest BCUT2D eigenvalue weighted by molar-refractivity contribution is 0.483. The summed E-state index contributed by atoms with van der Waals surface area (Å²) >= 11 is 0. The minimum Gasteiger partial charge on any atom is -0.282 e. The average Bonchev–Trinajstić information content (AvgIpc) is 2.76. The summed E-state index contributed by atoms with van der Waals surface area (Å²) in [7, 11) is -4.33. The second-order valence-electron chi connectivity index (χ2n) is 8.22. The van der Waals surface area contributed by atoms with E-state index in [0.29, 0.717) is 5.56 Å². The summed E-state index contributed by atoms with van der Waals surface area (Å²) in [6.07, 6.45) is 3.54. The van der Waals surface area contributed by atoms with Gasteiger partial charge in [0.25, 0.3) is 10.1 Å². The van der Waals surface area contributed by atoms with Crippen molar-refractivity contribution in [1.29, 1.82) is 0 Å². The van der Waals surface area contributed by atoms with Gasteiger partial charge in [-0.1, -0.05) is 60.7 Å². The van der Waals surface area contributed by atoms with Gasteiger partial charge in [0.1, 0.15) is 4.90 Å². The molecule has 4 heteroatoms. The average molecular weight is 413 g/mol. The topological polar surface area (TPSA) is 54.4 Å². The molecular formula is C26H20O3S. The molecule has 0 aliphatic heterocycles. The van der Waals surface area contributed by atoms with Crippen LogP contribution in [0.3, 0.4) is 0 Å². The number of rotatable bonds is 1. The first-order valence-corrected chi connectivity index (χ1v) is 11.7. The summed E-state index contributed by atoms with van der Waals surface area (Å²) in [6.45, 7) is 0. The molecule has 0 spiro atoms. The van der Waals surface area contributed by atoms with Crippen molar-refractivity contribution in [2.45, 2.75) is 30.6 Å². The largest absolute Gasteiger partial charge is 0.295 e. The molecule has 30 heavy (non-hydrogen) atoms. The van der Waals surface area contributed by atoms with Gasteiger partial charge >= 0.3 is 0 Å². The Morgan fingerprint density at radius 2 is 1.13 bits per heavy atom. The van der Waals surface area contributed by atoms with Crippen molar-refractivity contribution in [3.8, 4) is 22.3 Å². The Balaban J connectivity index is 1.79. The second kappa shape index (κ2) is 6.27. The molecule has 0 saturated carbocycles. The predicted molar refractivity (Wildman–Crippen MR) is 119 cm³/mol. The standard InChI is InChI=1S/C26H20O3S/c27-30(28,29)22-7-3-5-17-10-12-20-15-14-19-13-11-18-9-8-16-4-1-2-6-21(16)23(18)25(19)26(20)24(17)22/h1-9,14-15H,10-13H2,(H,27,28,29). The third-order valence-electron chi connectivity index (χ3n) is 6.61. The minimum absolute atomic E-state index is 0.0155. The Morgan fingerprint density at radius 1 is 0.567 bits per heavy atom. The fraction of sp³-hybridized carbons (Fsp3) is 0.154. The van der Waals surface area contributed by atoms with Crippen LogP contribution in [-0.2, 0) is 35.8 Å². The molecule has 0 radical (unpaired) electrons. The molecule has 0 saturated heterocycles. The summed E-state index contributed by atoms with van der Waals surface area (Å²) in [5.74, 6) is 0. The van der Waals surface area contributed by atoms with Crippen molar-refractivity contribution >= 4 is 20.9 Å². The lowest BCUT2D eigenvalue weighted by Crippen LogP contribution is -2.14. The maximum absolute atomic E-state index is 12.3. The van der Waals surface area contributed by atoms with Crippen molar-refractivity contribution in [2.24, 2.45) is 0 Å². The molecular weight excluding hydrogens is 392 g/mol. The third kappa shape index (κ3) is 2.51. The molecule has 4 aromatic rings. The Bertz CT molecular complexity index is 1470. The Morgan fingerprint density at radius 3 is 1.83 bits per heavy atom. The molecule has 0 aromatic heterocycles. The van der Waals surface area contributed by atoms with Crippen molar-refractivity contribution in [3.63, 3.8) is 0 Å². The normalized spacial score (nSPS) is 14.6. The highest BCUT2D eigenvalue weighted by atomic mass is 32.2. The van der Waals surface area contributed by atoms with Crippen LogP contribution in [0.15, 0.2) is 71.6 Å². The van der Waals surface area contributed by atoms with Crippen LogP contribution in [0.2, 0.25) is 0 Å². The summed E-state index contributed by atoms with van der Waals surface area (Å²) < 4.78 is 34.6. The van der Waals surface area contributed by atoms with Crippen LogP contribution in [0.25, 0.3) is 33.0 Å². The molecule has 2 aliphatic rings. The molecule has 6 rings (SSSR count). The van der Waals surface area contributed by atoms with Crippen LogP contribution < -0.4 is 0 Å². The van der Waals surface area contributed by atoms with Gasteiger partial charge in [-0.15, -0.1) is 0 Å². The first-order valence-electron chi connectivity index (χ1n) is 10.3. The predicted octanol–water partition coefficient (Wildman–Crippen LogP) is 5.62. The van der Waals surface area contributed by atoms with Gasteiger partial charge in [-0.05, 0) is 81.5 Å². The molecule has 0 amide bonds. The van der Waals surface area contributed by atoms with E-state index in [1.165, 1.54) is 33.5 Å². The van der Waals surface area contributed by atoms with E-state index in [0.717, 1.165) is 47.9 Å². The Kier molecular flexibility index (Phi) is 3.74. The van der Waals surface area contributed by atoms with Gasteiger partial charge in [0.15, 0.2) is 0 Å². The molecule has 0 bridgehead atoms. The highest BCUT2D eigenvalue weighted by Gasteiger charge is 2.30. The highest BCUT2D eigenvalue weighted by molar-refractivity contribution is 7.86. The van der Waals surface area contributed by atoms with Crippen molar-refractivity contribution in [1.82, 2.24) is 0 Å². The van der Waals surface area contributed by atoms with Crippen LogP contribution >= 0.6 is 0 Å². The fourth-order valence-electron chi connectivity index (χ4n) is 5.32. The van der Waals surface area contributed by atoms with Gasteiger partial charge in [0, 0.05) is 5.56 Å². The first kappa shape index (κ1) is 17.9. The van der Waals surface area contributed by atoms with Crippen molar-refractivity contribution < 1.29 is 13.0 Å². The van der Waals surface area contributed by atoms with E-state index < -0.39 is 10.1 Å². The lowest BCUT2D eigenvalue weighted by Gasteiger charge is -2.30. The molecule has 4 aromatic carbocycles. The third-order valence-corrected chi connectivity index (χ3v) is 7.51. The molecule has 3 nitrogen and oxygen atoms in total. The molecule has 0 heterocycles. The van der Waals surface area contributed by atoms with Crippen LogP contribution in [0, 0.1) is 0 Å². The minimum atomic E-state index is -4.33. The Hall–Kier alpha value is -2.95. The van der Waals surface area contributed by atoms with E-state index in [1.54, 1.807) is 6.07 Å². The second-order valence-corrected chi connectivity index (χ2v) is 9.61. The molecule has 148 valence electrons. The van der Waals surface area contributed by atoms with Crippen LogP contribution in [0.5, 0.6) is 0 Å². The SMILES string of the molecule is O=S(=O)(O)c1cccc2c1-c1c(ccc3c1-c1c(ccc4ccccc14)CC3)CC2. The summed E-state index contributed by atoms with van der Waals surface area (Å²) in [5.41, 5.74) is 8.70.